The number of hydrogen-bond acceptors (Lipinski definition) is 4. The van der Waals surface area contributed by atoms with Gasteiger partial charge in [0.15, 0.2) is 5.78 Å². The van der Waals surface area contributed by atoms with Gasteiger partial charge in [-0.2, -0.15) is 0 Å². The Bertz CT molecular complexity index is 446. The number of Topliss-reactive ketones (excluding diaryl/α,β-unsaturated/α-hetero) is 1. The van der Waals surface area contributed by atoms with E-state index in [0.717, 1.165) is 0 Å². The van der Waals surface area contributed by atoms with Crippen molar-refractivity contribution in [2.24, 2.45) is 0 Å². The van der Waals surface area contributed by atoms with Gasteiger partial charge in [0.25, 0.3) is 0 Å². The maximum atomic E-state index is 12.1. The van der Waals surface area contributed by atoms with E-state index in [1.54, 1.807) is 43.3 Å². The summed E-state index contributed by atoms with van der Waals surface area (Å²) in [6.07, 6.45) is 0. The van der Waals surface area contributed by atoms with E-state index in [4.69, 9.17) is 4.74 Å². The Morgan fingerprint density at radius 2 is 2.05 bits per heavy atom. The third-order valence-corrected chi connectivity index (χ3v) is 2.85. The van der Waals surface area contributed by atoms with Crippen molar-refractivity contribution >= 4 is 11.7 Å². The maximum Gasteiger partial charge on any atom is 0.233 e. The summed E-state index contributed by atoms with van der Waals surface area (Å²) in [5.74, 6) is 0.533. The zero-order chi connectivity index (χ0) is 14.3. The number of carbonyl (C=O) groups is 2. The van der Waals surface area contributed by atoms with Crippen molar-refractivity contribution in [3.05, 3.63) is 29.8 Å². The summed E-state index contributed by atoms with van der Waals surface area (Å²) in [4.78, 5) is 25.2. The Morgan fingerprint density at radius 3 is 2.63 bits per heavy atom. The molecular weight excluding hydrogens is 244 g/mol. The van der Waals surface area contributed by atoms with E-state index in [-0.39, 0.29) is 24.8 Å². The number of nitrogens with one attached hydrogen (secondary N) is 1. The molecule has 0 atom stereocenters. The molecule has 1 aromatic rings. The molecule has 0 fully saturated rings. The van der Waals surface area contributed by atoms with E-state index in [1.807, 2.05) is 6.92 Å². The fraction of sp³-hybridized carbons (Fsp3) is 0.429. The fourth-order valence-corrected chi connectivity index (χ4v) is 1.65. The lowest BCUT2D eigenvalue weighted by molar-refractivity contribution is -0.121. The Kier molecular flexibility index (Phi) is 6.02. The second-order valence-electron chi connectivity index (χ2n) is 4.13. The molecule has 1 rings (SSSR count). The molecule has 0 aliphatic heterocycles. The van der Waals surface area contributed by atoms with Gasteiger partial charge < -0.3 is 10.1 Å². The summed E-state index contributed by atoms with van der Waals surface area (Å²) in [7, 11) is 3.15. The van der Waals surface area contributed by atoms with Crippen LogP contribution in [-0.4, -0.2) is 50.4 Å². The highest BCUT2D eigenvalue weighted by atomic mass is 16.5. The number of methoxy groups -OCH3 is 1. The third-order valence-electron chi connectivity index (χ3n) is 2.85. The SMILES string of the molecule is CCN(CC(=O)NC)CC(=O)c1cccc(OC)c1. The molecule has 1 amide bonds. The van der Waals surface area contributed by atoms with Crippen molar-refractivity contribution in [1.29, 1.82) is 0 Å². The van der Waals surface area contributed by atoms with Gasteiger partial charge in [0.2, 0.25) is 5.91 Å². The van der Waals surface area contributed by atoms with Crippen LogP contribution in [0.15, 0.2) is 24.3 Å². The topological polar surface area (TPSA) is 58.6 Å². The van der Waals surface area contributed by atoms with Crippen LogP contribution in [-0.2, 0) is 4.79 Å². The van der Waals surface area contributed by atoms with Crippen LogP contribution >= 0.6 is 0 Å². The molecule has 5 nitrogen and oxygen atoms in total. The summed E-state index contributed by atoms with van der Waals surface area (Å²) in [6.45, 7) is 3.00. The van der Waals surface area contributed by atoms with Crippen molar-refractivity contribution in [2.75, 3.05) is 33.8 Å². The van der Waals surface area contributed by atoms with Crippen LogP contribution in [0.1, 0.15) is 17.3 Å². The molecule has 0 bridgehead atoms. The highest BCUT2D eigenvalue weighted by Gasteiger charge is 2.14. The fourth-order valence-electron chi connectivity index (χ4n) is 1.65. The van der Waals surface area contributed by atoms with E-state index in [1.165, 1.54) is 0 Å². The number of nitrogens with zero attached hydrogens (tertiary/aromatic N) is 1. The number of hydrogen-bond donors (Lipinski definition) is 1. The molecule has 0 aliphatic rings. The zero-order valence-corrected chi connectivity index (χ0v) is 11.6. The van der Waals surface area contributed by atoms with Crippen molar-refractivity contribution in [2.45, 2.75) is 6.92 Å². The van der Waals surface area contributed by atoms with Gasteiger partial charge in [-0.05, 0) is 18.7 Å². The van der Waals surface area contributed by atoms with Gasteiger partial charge in [0.1, 0.15) is 5.75 Å². The average Bonchev–Trinajstić information content (AvgIpc) is 2.46. The average molecular weight is 264 g/mol. The minimum Gasteiger partial charge on any atom is -0.497 e. The molecule has 5 heteroatoms. The molecule has 0 radical (unpaired) electrons. The van der Waals surface area contributed by atoms with Gasteiger partial charge in [0.05, 0.1) is 20.2 Å². The molecule has 1 aromatic carbocycles. The van der Waals surface area contributed by atoms with E-state index < -0.39 is 0 Å². The molecule has 0 unspecified atom stereocenters. The van der Waals surface area contributed by atoms with Crippen molar-refractivity contribution in [3.63, 3.8) is 0 Å². The number of rotatable bonds is 7. The van der Waals surface area contributed by atoms with Crippen molar-refractivity contribution in [3.8, 4) is 5.75 Å². The Balaban J connectivity index is 2.68. The number of ether oxygens (including phenoxy) is 1. The second kappa shape index (κ2) is 7.53. The van der Waals surface area contributed by atoms with E-state index in [9.17, 15) is 9.59 Å². The van der Waals surface area contributed by atoms with E-state index in [2.05, 4.69) is 5.32 Å². The Morgan fingerprint density at radius 1 is 1.32 bits per heavy atom. The lowest BCUT2D eigenvalue weighted by Crippen LogP contribution is -2.38. The van der Waals surface area contributed by atoms with Crippen LogP contribution in [0.25, 0.3) is 0 Å². The first-order chi connectivity index (χ1) is 9.10. The Labute approximate surface area is 113 Å². The van der Waals surface area contributed by atoms with Crippen molar-refractivity contribution < 1.29 is 14.3 Å². The highest BCUT2D eigenvalue weighted by molar-refractivity contribution is 5.98. The second-order valence-corrected chi connectivity index (χ2v) is 4.13. The maximum absolute atomic E-state index is 12.1. The van der Waals surface area contributed by atoms with Crippen LogP contribution in [0.4, 0.5) is 0 Å². The number of ketones is 1. The Hall–Kier alpha value is -1.88. The molecule has 0 spiro atoms. The van der Waals surface area contributed by atoms with Gasteiger partial charge in [-0.25, -0.2) is 0 Å². The van der Waals surface area contributed by atoms with Crippen LogP contribution in [0, 0.1) is 0 Å². The van der Waals surface area contributed by atoms with Crippen molar-refractivity contribution in [1.82, 2.24) is 10.2 Å². The van der Waals surface area contributed by atoms with Crippen LogP contribution in [0.3, 0.4) is 0 Å². The lowest BCUT2D eigenvalue weighted by atomic mass is 10.1. The summed E-state index contributed by atoms with van der Waals surface area (Å²) in [6, 6.07) is 7.02. The first-order valence-corrected chi connectivity index (χ1v) is 6.20. The minimum atomic E-state index is -0.0970. The van der Waals surface area contributed by atoms with Crippen LogP contribution < -0.4 is 10.1 Å². The molecule has 0 aliphatic carbocycles. The lowest BCUT2D eigenvalue weighted by Gasteiger charge is -2.18. The number of benzene rings is 1. The minimum absolute atomic E-state index is 0.0235. The zero-order valence-electron chi connectivity index (χ0n) is 11.6. The van der Waals surface area contributed by atoms with Crippen LogP contribution in [0.5, 0.6) is 5.75 Å². The largest absolute Gasteiger partial charge is 0.497 e. The highest BCUT2D eigenvalue weighted by Crippen LogP contribution is 2.13. The first kappa shape index (κ1) is 15.2. The smallest absolute Gasteiger partial charge is 0.233 e. The summed E-state index contributed by atoms with van der Waals surface area (Å²) < 4.78 is 5.09. The van der Waals surface area contributed by atoms with Gasteiger partial charge in [-0.1, -0.05) is 19.1 Å². The number of amides is 1. The number of likely N-dealkylation sites (N-methyl/N-ethyl adjacent to an activating group) is 2. The van der Waals surface area contributed by atoms with Gasteiger partial charge in [-0.3, -0.25) is 14.5 Å². The monoisotopic (exact) mass is 264 g/mol. The quantitative estimate of drug-likeness (QED) is 0.745. The first-order valence-electron chi connectivity index (χ1n) is 6.20. The summed E-state index contributed by atoms with van der Waals surface area (Å²) in [5, 5.41) is 2.55. The molecule has 104 valence electrons. The van der Waals surface area contributed by atoms with Gasteiger partial charge >= 0.3 is 0 Å². The molecule has 0 aromatic heterocycles. The predicted octanol–water partition coefficient (Wildman–Crippen LogP) is 0.946. The van der Waals surface area contributed by atoms with Gasteiger partial charge in [-0.15, -0.1) is 0 Å². The number of carbonyl (C=O) groups excluding carboxylic acids is 2. The van der Waals surface area contributed by atoms with E-state index >= 15 is 0 Å². The molecule has 1 N–H and O–H groups in total. The third kappa shape index (κ3) is 4.71. The summed E-state index contributed by atoms with van der Waals surface area (Å²) >= 11 is 0. The van der Waals surface area contributed by atoms with Gasteiger partial charge in [0, 0.05) is 12.6 Å². The van der Waals surface area contributed by atoms with Crippen LogP contribution in [0.2, 0.25) is 0 Å². The predicted molar refractivity (Wildman–Crippen MR) is 73.5 cm³/mol. The van der Waals surface area contributed by atoms with E-state index in [0.29, 0.717) is 17.9 Å². The molecule has 0 heterocycles. The standard InChI is InChI=1S/C14H20N2O3/c1-4-16(10-14(18)15-2)9-13(17)11-6-5-7-12(8-11)19-3/h5-8H,4,9-10H2,1-3H3,(H,15,18). The normalized spacial score (nSPS) is 10.3. The molecule has 0 saturated heterocycles. The summed E-state index contributed by atoms with van der Waals surface area (Å²) in [5.41, 5.74) is 0.592. The molecule has 0 saturated carbocycles. The molecule has 19 heavy (non-hydrogen) atoms. The molecular formula is C14H20N2O3.